The van der Waals surface area contributed by atoms with Crippen LogP contribution in [-0.4, -0.2) is 72.6 Å². The van der Waals surface area contributed by atoms with Gasteiger partial charge in [-0.1, -0.05) is 42.5 Å². The smallest absolute Gasteiger partial charge is 0.247 e. The summed E-state index contributed by atoms with van der Waals surface area (Å²) in [5, 5.41) is 24.2. The molecule has 3 unspecified atom stereocenters. The van der Waals surface area contributed by atoms with Crippen molar-refractivity contribution in [3.63, 3.8) is 0 Å². The number of nitrogens with zero attached hydrogens (tertiary/aromatic N) is 4. The van der Waals surface area contributed by atoms with Crippen molar-refractivity contribution in [3.05, 3.63) is 54.6 Å². The number of benzene rings is 2. The molecule has 3 aliphatic rings. The van der Waals surface area contributed by atoms with Crippen LogP contribution in [0.5, 0.6) is 0 Å². The van der Waals surface area contributed by atoms with Gasteiger partial charge in [-0.25, -0.2) is 4.68 Å². The van der Waals surface area contributed by atoms with E-state index in [1.165, 1.54) is 4.90 Å². The Kier molecular flexibility index (Phi) is 5.96. The SMILES string of the molecule is CC1CC23O[C@@]1(C)[C@H](C(=O)Nc1ccccc1)[C@H]2C(=O)N([C@H](C)CO)C3C(=O)NCn1nnc2ccccc21. The molecule has 3 saturated heterocycles. The molecule has 11 nitrogen and oxygen atoms in total. The van der Waals surface area contributed by atoms with Crippen LogP contribution in [0.1, 0.15) is 27.2 Å². The molecule has 3 aromatic rings. The number of hydrogen-bond acceptors (Lipinski definition) is 7. The molecule has 3 aliphatic heterocycles. The number of amides is 3. The fourth-order valence-electron chi connectivity index (χ4n) is 6.96. The second kappa shape index (κ2) is 9.13. The number of carbonyl (C=O) groups excluding carboxylic acids is 3. The Morgan fingerprint density at radius 1 is 1.15 bits per heavy atom. The van der Waals surface area contributed by atoms with Gasteiger partial charge in [0.05, 0.1) is 35.6 Å². The first-order valence-electron chi connectivity index (χ1n) is 13.3. The second-order valence-electron chi connectivity index (χ2n) is 11.1. The van der Waals surface area contributed by atoms with Crippen LogP contribution >= 0.6 is 0 Å². The normalized spacial score (nSPS) is 31.9. The number of hydrogen-bond donors (Lipinski definition) is 3. The van der Waals surface area contributed by atoms with E-state index in [-0.39, 0.29) is 31.0 Å². The molecule has 39 heavy (non-hydrogen) atoms. The number of ether oxygens (including phenoxy) is 1. The number of likely N-dealkylation sites (tertiary alicyclic amines) is 1. The molecule has 6 rings (SSSR count). The summed E-state index contributed by atoms with van der Waals surface area (Å²) in [6.45, 7) is 5.25. The number of rotatable bonds is 7. The molecular weight excluding hydrogens is 500 g/mol. The Balaban J connectivity index is 1.34. The first-order valence-corrected chi connectivity index (χ1v) is 13.3. The van der Waals surface area contributed by atoms with Gasteiger partial charge in [0.1, 0.15) is 23.8 Å². The largest absolute Gasteiger partial charge is 0.394 e. The number of carbonyl (C=O) groups is 3. The number of aromatic nitrogens is 3. The van der Waals surface area contributed by atoms with Crippen LogP contribution in [0, 0.1) is 17.8 Å². The fourth-order valence-corrected chi connectivity index (χ4v) is 6.96. The van der Waals surface area contributed by atoms with E-state index in [2.05, 4.69) is 20.9 Å². The molecule has 3 N–H and O–H groups in total. The predicted molar refractivity (Wildman–Crippen MR) is 141 cm³/mol. The highest BCUT2D eigenvalue weighted by atomic mass is 16.5. The molecule has 2 aromatic carbocycles. The molecule has 1 spiro atoms. The Morgan fingerprint density at radius 2 is 1.87 bits per heavy atom. The van der Waals surface area contributed by atoms with Crippen LogP contribution in [0.4, 0.5) is 5.69 Å². The summed E-state index contributed by atoms with van der Waals surface area (Å²) in [4.78, 5) is 43.1. The van der Waals surface area contributed by atoms with E-state index in [1.54, 1.807) is 23.7 Å². The number of aliphatic hydroxyl groups is 1. The zero-order valence-corrected chi connectivity index (χ0v) is 22.1. The van der Waals surface area contributed by atoms with Crippen LogP contribution in [0.25, 0.3) is 11.0 Å². The molecule has 3 amide bonds. The molecule has 7 atom stereocenters. The summed E-state index contributed by atoms with van der Waals surface area (Å²) in [5.74, 6) is -2.86. The van der Waals surface area contributed by atoms with E-state index in [9.17, 15) is 19.5 Å². The Bertz CT molecular complexity index is 1440. The number of para-hydroxylation sites is 2. The highest BCUT2D eigenvalue weighted by Gasteiger charge is 2.80. The number of aliphatic hydroxyl groups excluding tert-OH is 1. The van der Waals surface area contributed by atoms with Crippen molar-refractivity contribution in [2.45, 2.75) is 57.1 Å². The van der Waals surface area contributed by atoms with Gasteiger partial charge in [0.25, 0.3) is 0 Å². The minimum absolute atomic E-state index is 0.0386. The third-order valence-electron chi connectivity index (χ3n) is 8.89. The average Bonchev–Trinajstić information content (AvgIpc) is 3.60. The summed E-state index contributed by atoms with van der Waals surface area (Å²) < 4.78 is 8.27. The van der Waals surface area contributed by atoms with Gasteiger partial charge in [0, 0.05) is 5.69 Å². The van der Waals surface area contributed by atoms with Gasteiger partial charge in [-0.2, -0.15) is 0 Å². The van der Waals surface area contributed by atoms with E-state index < -0.39 is 41.0 Å². The minimum Gasteiger partial charge on any atom is -0.394 e. The standard InChI is InChI=1S/C28H32N6O5/c1-16-13-28-22(21(27(16,3)39-28)24(36)30-18-9-5-4-6-10-18)26(38)34(17(2)14-35)23(28)25(37)29-15-33-20-12-8-7-11-19(20)31-32-33/h4-12,16-17,21-23,35H,13-15H2,1-3H3,(H,29,37)(H,30,36)/t16?,17-,21+,22+,23?,27-,28?/m1/s1. The molecule has 0 saturated carbocycles. The molecule has 0 aliphatic carbocycles. The van der Waals surface area contributed by atoms with Crippen LogP contribution in [0.3, 0.4) is 0 Å². The van der Waals surface area contributed by atoms with Crippen molar-refractivity contribution in [2.75, 3.05) is 11.9 Å². The third kappa shape index (κ3) is 3.67. The van der Waals surface area contributed by atoms with Gasteiger partial charge in [-0.15, -0.1) is 5.10 Å². The third-order valence-corrected chi connectivity index (χ3v) is 8.89. The molecule has 204 valence electrons. The van der Waals surface area contributed by atoms with Gasteiger partial charge in [0.15, 0.2) is 0 Å². The van der Waals surface area contributed by atoms with E-state index in [4.69, 9.17) is 4.74 Å². The quantitative estimate of drug-likeness (QED) is 0.420. The lowest BCUT2D eigenvalue weighted by Crippen LogP contribution is -2.57. The van der Waals surface area contributed by atoms with Gasteiger partial charge in [-0.3, -0.25) is 14.4 Å². The number of nitrogens with one attached hydrogen (secondary N) is 2. The van der Waals surface area contributed by atoms with Crippen molar-refractivity contribution >= 4 is 34.4 Å². The lowest BCUT2D eigenvalue weighted by Gasteiger charge is -2.36. The molecule has 11 heteroatoms. The molecule has 3 fully saturated rings. The van der Waals surface area contributed by atoms with Crippen molar-refractivity contribution in [1.82, 2.24) is 25.2 Å². The first kappa shape index (κ1) is 25.4. The average molecular weight is 533 g/mol. The molecule has 4 heterocycles. The number of anilines is 1. The van der Waals surface area contributed by atoms with Crippen LogP contribution in [-0.2, 0) is 25.8 Å². The summed E-state index contributed by atoms with van der Waals surface area (Å²) in [6, 6.07) is 14.8. The van der Waals surface area contributed by atoms with E-state index in [1.807, 2.05) is 56.3 Å². The lowest BCUT2D eigenvalue weighted by atomic mass is 9.62. The van der Waals surface area contributed by atoms with Crippen molar-refractivity contribution in [2.24, 2.45) is 17.8 Å². The first-order chi connectivity index (χ1) is 18.7. The van der Waals surface area contributed by atoms with Gasteiger partial charge >= 0.3 is 0 Å². The topological polar surface area (TPSA) is 139 Å². The molecular formula is C28H32N6O5. The van der Waals surface area contributed by atoms with Gasteiger partial charge < -0.3 is 25.4 Å². The fraction of sp³-hybridized carbons (Fsp3) is 0.464. The maximum absolute atomic E-state index is 14.1. The lowest BCUT2D eigenvalue weighted by molar-refractivity contribution is -0.149. The van der Waals surface area contributed by atoms with Crippen molar-refractivity contribution < 1.29 is 24.2 Å². The Labute approximate surface area is 225 Å². The zero-order chi connectivity index (χ0) is 27.5. The predicted octanol–water partition coefficient (Wildman–Crippen LogP) is 1.54. The summed E-state index contributed by atoms with van der Waals surface area (Å²) in [7, 11) is 0. The Morgan fingerprint density at radius 3 is 2.62 bits per heavy atom. The van der Waals surface area contributed by atoms with Crippen LogP contribution < -0.4 is 10.6 Å². The number of fused-ring (bicyclic) bond motifs is 2. The second-order valence-corrected chi connectivity index (χ2v) is 11.1. The summed E-state index contributed by atoms with van der Waals surface area (Å²) in [6.07, 6.45) is 0.439. The molecule has 0 radical (unpaired) electrons. The van der Waals surface area contributed by atoms with E-state index in [0.29, 0.717) is 17.6 Å². The van der Waals surface area contributed by atoms with Gasteiger partial charge in [-0.05, 0) is 50.5 Å². The van der Waals surface area contributed by atoms with E-state index >= 15 is 0 Å². The monoisotopic (exact) mass is 532 g/mol. The Hall–Kier alpha value is -3.83. The van der Waals surface area contributed by atoms with E-state index in [0.717, 1.165) is 5.52 Å². The highest BCUT2D eigenvalue weighted by Crippen LogP contribution is 2.65. The van der Waals surface area contributed by atoms with Gasteiger partial charge in [0.2, 0.25) is 17.7 Å². The molecule has 1 aromatic heterocycles. The minimum atomic E-state index is -1.21. The maximum atomic E-state index is 14.1. The molecule has 2 bridgehead atoms. The van der Waals surface area contributed by atoms with Crippen molar-refractivity contribution in [1.29, 1.82) is 0 Å². The maximum Gasteiger partial charge on any atom is 0.247 e. The van der Waals surface area contributed by atoms with Crippen LogP contribution in [0.15, 0.2) is 54.6 Å². The zero-order valence-electron chi connectivity index (χ0n) is 22.1. The summed E-state index contributed by atoms with van der Waals surface area (Å²) in [5.41, 5.74) is -0.0653. The van der Waals surface area contributed by atoms with Crippen molar-refractivity contribution in [3.8, 4) is 0 Å². The summed E-state index contributed by atoms with van der Waals surface area (Å²) >= 11 is 0. The highest BCUT2D eigenvalue weighted by molar-refractivity contribution is 6.02. The van der Waals surface area contributed by atoms with Crippen LogP contribution in [0.2, 0.25) is 0 Å².